The fraction of sp³-hybridized carbons (Fsp3) is 0.545. The molecule has 0 aliphatic carbocycles. The molecular weight excluding hydrogens is 220 g/mol. The van der Waals surface area contributed by atoms with Crippen molar-refractivity contribution in [3.63, 3.8) is 0 Å². The van der Waals surface area contributed by atoms with Crippen molar-refractivity contribution in [1.82, 2.24) is 14.9 Å². The van der Waals surface area contributed by atoms with E-state index in [1.165, 1.54) is 4.90 Å². The van der Waals surface area contributed by atoms with Gasteiger partial charge in [-0.15, -0.1) is 0 Å². The van der Waals surface area contributed by atoms with Crippen LogP contribution in [0.3, 0.4) is 0 Å². The summed E-state index contributed by atoms with van der Waals surface area (Å²) in [5, 5.41) is 9.01. The first kappa shape index (κ1) is 11.6. The second kappa shape index (κ2) is 4.20. The lowest BCUT2D eigenvalue weighted by atomic mass is 9.99. The molecule has 0 spiro atoms. The lowest BCUT2D eigenvalue weighted by molar-refractivity contribution is 0.123. The maximum Gasteiger partial charge on any atom is 0.407 e. The number of anilines is 1. The quantitative estimate of drug-likeness (QED) is 0.789. The maximum atomic E-state index is 11.0. The van der Waals surface area contributed by atoms with Crippen LogP contribution in [-0.2, 0) is 0 Å². The predicted molar refractivity (Wildman–Crippen MR) is 63.1 cm³/mol. The van der Waals surface area contributed by atoms with Crippen molar-refractivity contribution in [3.8, 4) is 0 Å². The zero-order chi connectivity index (χ0) is 12.5. The second-order valence-corrected chi connectivity index (χ2v) is 4.73. The third kappa shape index (κ3) is 2.30. The van der Waals surface area contributed by atoms with Crippen LogP contribution in [0.2, 0.25) is 0 Å². The fourth-order valence-corrected chi connectivity index (χ4v) is 2.17. The molecule has 0 atom stereocenters. The molecule has 1 saturated heterocycles. The zero-order valence-electron chi connectivity index (χ0n) is 10.00. The van der Waals surface area contributed by atoms with Crippen LogP contribution in [0.1, 0.15) is 13.8 Å². The summed E-state index contributed by atoms with van der Waals surface area (Å²) in [6, 6.07) is 0. The van der Waals surface area contributed by atoms with E-state index < -0.39 is 6.09 Å². The van der Waals surface area contributed by atoms with E-state index in [0.717, 1.165) is 5.82 Å². The molecule has 1 amide bonds. The molecule has 0 aromatic carbocycles. The minimum atomic E-state index is -0.864. The van der Waals surface area contributed by atoms with Crippen molar-refractivity contribution in [2.24, 2.45) is 0 Å². The first-order valence-electron chi connectivity index (χ1n) is 5.52. The smallest absolute Gasteiger partial charge is 0.407 e. The molecule has 1 aromatic heterocycles. The van der Waals surface area contributed by atoms with E-state index in [9.17, 15) is 4.79 Å². The molecule has 1 aliphatic heterocycles. The number of aromatic nitrogens is 2. The Balaban J connectivity index is 2.19. The first-order chi connectivity index (χ1) is 8.00. The minimum Gasteiger partial charge on any atom is -0.465 e. The minimum absolute atomic E-state index is 0.271. The molecule has 1 aromatic rings. The highest BCUT2D eigenvalue weighted by Crippen LogP contribution is 2.25. The normalized spacial score (nSPS) is 19.2. The van der Waals surface area contributed by atoms with Gasteiger partial charge in [0.1, 0.15) is 5.82 Å². The van der Waals surface area contributed by atoms with Gasteiger partial charge in [0.25, 0.3) is 0 Å². The van der Waals surface area contributed by atoms with E-state index in [2.05, 4.69) is 14.9 Å². The van der Waals surface area contributed by atoms with Crippen LogP contribution >= 0.6 is 0 Å². The summed E-state index contributed by atoms with van der Waals surface area (Å²) < 4.78 is 0. The molecule has 6 heteroatoms. The SMILES string of the molecule is CC1(C)CN(C(=O)O)CCN1c1cnccn1. The number of rotatable bonds is 1. The molecule has 0 unspecified atom stereocenters. The van der Waals surface area contributed by atoms with E-state index in [1.807, 2.05) is 13.8 Å². The molecule has 0 saturated carbocycles. The van der Waals surface area contributed by atoms with Gasteiger partial charge in [-0.25, -0.2) is 9.78 Å². The summed E-state index contributed by atoms with van der Waals surface area (Å²) in [7, 11) is 0. The lowest BCUT2D eigenvalue weighted by Crippen LogP contribution is -2.60. The Labute approximate surface area is 99.9 Å². The molecule has 17 heavy (non-hydrogen) atoms. The highest BCUT2D eigenvalue weighted by Gasteiger charge is 2.36. The van der Waals surface area contributed by atoms with Crippen molar-refractivity contribution in [2.75, 3.05) is 24.5 Å². The van der Waals surface area contributed by atoms with Crippen LogP contribution in [0.15, 0.2) is 18.6 Å². The van der Waals surface area contributed by atoms with Crippen molar-refractivity contribution in [2.45, 2.75) is 19.4 Å². The number of amides is 1. The van der Waals surface area contributed by atoms with Gasteiger partial charge < -0.3 is 14.9 Å². The Bertz CT molecular complexity index is 407. The van der Waals surface area contributed by atoms with Gasteiger partial charge in [0.15, 0.2) is 0 Å². The van der Waals surface area contributed by atoms with Crippen LogP contribution in [0.25, 0.3) is 0 Å². The topological polar surface area (TPSA) is 69.6 Å². The van der Waals surface area contributed by atoms with Gasteiger partial charge in [0, 0.05) is 32.0 Å². The first-order valence-corrected chi connectivity index (χ1v) is 5.52. The Morgan fingerprint density at radius 2 is 2.18 bits per heavy atom. The van der Waals surface area contributed by atoms with Gasteiger partial charge in [0.2, 0.25) is 0 Å². The summed E-state index contributed by atoms with van der Waals surface area (Å²) in [6.07, 6.45) is 4.12. The van der Waals surface area contributed by atoms with Gasteiger partial charge in [-0.2, -0.15) is 0 Å². The molecule has 92 valence electrons. The Kier molecular flexibility index (Phi) is 2.87. The second-order valence-electron chi connectivity index (χ2n) is 4.73. The van der Waals surface area contributed by atoms with Gasteiger partial charge in [-0.3, -0.25) is 4.98 Å². The van der Waals surface area contributed by atoms with Crippen LogP contribution in [0.4, 0.5) is 10.6 Å². The Hall–Kier alpha value is -1.85. The van der Waals surface area contributed by atoms with Gasteiger partial charge in [0.05, 0.1) is 11.7 Å². The largest absolute Gasteiger partial charge is 0.465 e. The van der Waals surface area contributed by atoms with Gasteiger partial charge in [-0.1, -0.05) is 0 Å². The summed E-state index contributed by atoms with van der Waals surface area (Å²) in [6.45, 7) is 5.62. The molecule has 0 bridgehead atoms. The van der Waals surface area contributed by atoms with E-state index in [4.69, 9.17) is 5.11 Å². The van der Waals surface area contributed by atoms with E-state index in [1.54, 1.807) is 18.6 Å². The molecule has 2 heterocycles. The summed E-state index contributed by atoms with van der Waals surface area (Å²) in [5.74, 6) is 0.794. The third-order valence-electron chi connectivity index (χ3n) is 3.00. The molecule has 1 fully saturated rings. The van der Waals surface area contributed by atoms with Gasteiger partial charge >= 0.3 is 6.09 Å². The van der Waals surface area contributed by atoms with Crippen LogP contribution in [0.5, 0.6) is 0 Å². The zero-order valence-corrected chi connectivity index (χ0v) is 10.00. The van der Waals surface area contributed by atoms with E-state index in [-0.39, 0.29) is 5.54 Å². The standard InChI is InChI=1S/C11H16N4O2/c1-11(2)8-14(10(16)17)5-6-15(11)9-7-12-3-4-13-9/h3-4,7H,5-6,8H2,1-2H3,(H,16,17). The Morgan fingerprint density at radius 1 is 1.41 bits per heavy atom. The summed E-state index contributed by atoms with van der Waals surface area (Å²) in [5.41, 5.74) is -0.271. The highest BCUT2D eigenvalue weighted by molar-refractivity contribution is 5.66. The third-order valence-corrected chi connectivity index (χ3v) is 3.00. The van der Waals surface area contributed by atoms with Crippen molar-refractivity contribution < 1.29 is 9.90 Å². The molecule has 2 rings (SSSR count). The highest BCUT2D eigenvalue weighted by atomic mass is 16.4. The molecule has 0 radical (unpaired) electrons. The van der Waals surface area contributed by atoms with Gasteiger partial charge in [-0.05, 0) is 13.8 Å². The lowest BCUT2D eigenvalue weighted by Gasteiger charge is -2.46. The molecule has 1 N–H and O–H groups in total. The number of carboxylic acid groups (broad SMARTS) is 1. The number of hydrogen-bond donors (Lipinski definition) is 1. The molecule has 6 nitrogen and oxygen atoms in total. The van der Waals surface area contributed by atoms with E-state index >= 15 is 0 Å². The summed E-state index contributed by atoms with van der Waals surface area (Å²) in [4.78, 5) is 22.8. The molecule has 1 aliphatic rings. The Morgan fingerprint density at radius 3 is 2.71 bits per heavy atom. The monoisotopic (exact) mass is 236 g/mol. The average Bonchev–Trinajstić information content (AvgIpc) is 2.28. The van der Waals surface area contributed by atoms with Crippen LogP contribution in [0, 0.1) is 0 Å². The maximum absolute atomic E-state index is 11.0. The van der Waals surface area contributed by atoms with Crippen molar-refractivity contribution in [3.05, 3.63) is 18.6 Å². The van der Waals surface area contributed by atoms with Crippen LogP contribution in [-0.4, -0.2) is 51.2 Å². The van der Waals surface area contributed by atoms with E-state index in [0.29, 0.717) is 19.6 Å². The fourth-order valence-electron chi connectivity index (χ4n) is 2.17. The predicted octanol–water partition coefficient (Wildman–Crippen LogP) is 1.06. The van der Waals surface area contributed by atoms with Crippen molar-refractivity contribution >= 4 is 11.9 Å². The number of carbonyl (C=O) groups is 1. The number of nitrogens with zero attached hydrogens (tertiary/aromatic N) is 4. The van der Waals surface area contributed by atoms with Crippen molar-refractivity contribution in [1.29, 1.82) is 0 Å². The van der Waals surface area contributed by atoms with Crippen LogP contribution < -0.4 is 4.90 Å². The average molecular weight is 236 g/mol. The number of piperazine rings is 1. The summed E-state index contributed by atoms with van der Waals surface area (Å²) >= 11 is 0. The molecular formula is C11H16N4O2. The number of hydrogen-bond acceptors (Lipinski definition) is 4.